The fraction of sp³-hybridized carbons (Fsp3) is 1.00. The predicted molar refractivity (Wildman–Crippen MR) is 51.9 cm³/mol. The van der Waals surface area contributed by atoms with Crippen LogP contribution in [-0.2, 0) is 9.47 Å². The minimum Gasteiger partial charge on any atom is -0.376 e. The van der Waals surface area contributed by atoms with Crippen molar-refractivity contribution >= 4 is 11.8 Å². The Balaban J connectivity index is 1.92. The van der Waals surface area contributed by atoms with Gasteiger partial charge in [-0.05, 0) is 11.8 Å². The van der Waals surface area contributed by atoms with E-state index in [0.717, 1.165) is 0 Å². The molecule has 1 unspecified atom stereocenters. The molecule has 0 bridgehead atoms. The summed E-state index contributed by atoms with van der Waals surface area (Å²) < 4.78 is 45.6. The Morgan fingerprint density at radius 3 is 2.73 bits per heavy atom. The van der Waals surface area contributed by atoms with Crippen molar-refractivity contribution in [2.24, 2.45) is 0 Å². The van der Waals surface area contributed by atoms with Gasteiger partial charge >= 0.3 is 5.51 Å². The molecule has 0 saturated carbocycles. The lowest BCUT2D eigenvalue weighted by Crippen LogP contribution is -2.38. The zero-order valence-electron chi connectivity index (χ0n) is 8.18. The van der Waals surface area contributed by atoms with Crippen LogP contribution >= 0.6 is 11.8 Å². The van der Waals surface area contributed by atoms with Crippen molar-refractivity contribution < 1.29 is 22.6 Å². The number of thioether (sulfide) groups is 1. The maximum atomic E-state index is 11.7. The lowest BCUT2D eigenvalue weighted by Gasteiger charge is -2.23. The first kappa shape index (κ1) is 13.1. The molecule has 7 heteroatoms. The van der Waals surface area contributed by atoms with Crippen LogP contribution in [0.2, 0.25) is 0 Å². The van der Waals surface area contributed by atoms with E-state index in [9.17, 15) is 13.2 Å². The van der Waals surface area contributed by atoms with Gasteiger partial charge in [0, 0.05) is 18.8 Å². The average Bonchev–Trinajstić information content (AvgIpc) is 2.17. The maximum absolute atomic E-state index is 11.7. The normalized spacial score (nSPS) is 23.0. The minimum atomic E-state index is -4.13. The van der Waals surface area contributed by atoms with Crippen LogP contribution in [0, 0.1) is 0 Å². The van der Waals surface area contributed by atoms with Gasteiger partial charge in [-0.1, -0.05) is 0 Å². The monoisotopic (exact) mass is 245 g/mol. The predicted octanol–water partition coefficient (Wildman–Crippen LogP) is 1.24. The Kier molecular flexibility index (Phi) is 5.73. The van der Waals surface area contributed by atoms with Gasteiger partial charge < -0.3 is 14.8 Å². The summed E-state index contributed by atoms with van der Waals surface area (Å²) in [7, 11) is 0. The van der Waals surface area contributed by atoms with Gasteiger partial charge in [0.1, 0.15) is 0 Å². The highest BCUT2D eigenvalue weighted by Gasteiger charge is 2.27. The largest absolute Gasteiger partial charge is 0.441 e. The Morgan fingerprint density at radius 1 is 1.33 bits per heavy atom. The molecule has 0 radical (unpaired) electrons. The van der Waals surface area contributed by atoms with Gasteiger partial charge in [0.2, 0.25) is 0 Å². The number of alkyl halides is 3. The first-order valence-electron chi connectivity index (χ1n) is 4.69. The summed E-state index contributed by atoms with van der Waals surface area (Å²) in [6.45, 7) is 2.53. The summed E-state index contributed by atoms with van der Waals surface area (Å²) in [5.41, 5.74) is -4.13. The molecule has 1 heterocycles. The smallest absolute Gasteiger partial charge is 0.376 e. The second-order valence-electron chi connectivity index (χ2n) is 3.07. The molecule has 1 rings (SSSR count). The zero-order valence-corrected chi connectivity index (χ0v) is 9.00. The molecule has 90 valence electrons. The first-order chi connectivity index (χ1) is 7.08. The zero-order chi connectivity index (χ0) is 11.1. The molecule has 3 nitrogen and oxygen atoms in total. The molecular weight excluding hydrogens is 231 g/mol. The molecule has 0 spiro atoms. The summed E-state index contributed by atoms with van der Waals surface area (Å²) in [4.78, 5) is 0. The SMILES string of the molecule is FC(F)(F)SCCNCC1COCCO1. The van der Waals surface area contributed by atoms with Gasteiger partial charge in [-0.3, -0.25) is 0 Å². The maximum Gasteiger partial charge on any atom is 0.441 e. The number of rotatable bonds is 5. The highest BCUT2D eigenvalue weighted by atomic mass is 32.2. The first-order valence-corrected chi connectivity index (χ1v) is 5.67. The van der Waals surface area contributed by atoms with Crippen LogP contribution in [0.15, 0.2) is 0 Å². The molecule has 1 aliphatic heterocycles. The van der Waals surface area contributed by atoms with Crippen molar-refractivity contribution in [3.8, 4) is 0 Å². The number of ether oxygens (including phenoxy) is 2. The van der Waals surface area contributed by atoms with Gasteiger partial charge in [-0.2, -0.15) is 13.2 Å². The molecule has 0 aliphatic carbocycles. The molecule has 1 fully saturated rings. The summed E-state index contributed by atoms with van der Waals surface area (Å²) in [6, 6.07) is 0. The van der Waals surface area contributed by atoms with Crippen LogP contribution < -0.4 is 5.32 Å². The highest BCUT2D eigenvalue weighted by molar-refractivity contribution is 8.00. The van der Waals surface area contributed by atoms with Gasteiger partial charge in [0.05, 0.1) is 25.9 Å². The number of hydrogen-bond donors (Lipinski definition) is 1. The topological polar surface area (TPSA) is 30.5 Å². The molecule has 0 aromatic carbocycles. The van der Waals surface area contributed by atoms with Crippen molar-refractivity contribution in [1.29, 1.82) is 0 Å². The Labute approximate surface area is 90.7 Å². The van der Waals surface area contributed by atoms with Crippen LogP contribution in [0.1, 0.15) is 0 Å². The fourth-order valence-electron chi connectivity index (χ4n) is 1.16. The third-order valence-electron chi connectivity index (χ3n) is 1.80. The summed E-state index contributed by atoms with van der Waals surface area (Å²) in [5, 5.41) is 2.90. The van der Waals surface area contributed by atoms with Crippen LogP contribution in [0.3, 0.4) is 0 Å². The second kappa shape index (κ2) is 6.57. The lowest BCUT2D eigenvalue weighted by molar-refractivity contribution is -0.0861. The standard InChI is InChI=1S/C8H14F3NO2S/c9-8(10,11)15-4-1-12-5-7-6-13-2-3-14-7/h7,12H,1-6H2. The van der Waals surface area contributed by atoms with E-state index in [1.54, 1.807) is 0 Å². The van der Waals surface area contributed by atoms with Crippen LogP contribution in [0.25, 0.3) is 0 Å². The molecule has 0 aromatic rings. The molecule has 1 atom stereocenters. The van der Waals surface area contributed by atoms with Crippen molar-refractivity contribution in [3.63, 3.8) is 0 Å². The molecule has 1 N–H and O–H groups in total. The Hall–Kier alpha value is 0.0200. The quantitative estimate of drug-likeness (QED) is 0.738. The highest BCUT2D eigenvalue weighted by Crippen LogP contribution is 2.29. The molecule has 0 aromatic heterocycles. The van der Waals surface area contributed by atoms with Crippen LogP contribution in [-0.4, -0.2) is 50.3 Å². The van der Waals surface area contributed by atoms with E-state index in [1.165, 1.54) is 0 Å². The molecule has 0 amide bonds. The fourth-order valence-corrected chi connectivity index (χ4v) is 1.63. The van der Waals surface area contributed by atoms with Crippen LogP contribution in [0.4, 0.5) is 13.2 Å². The van der Waals surface area contributed by atoms with E-state index in [2.05, 4.69) is 5.32 Å². The van der Waals surface area contributed by atoms with Crippen molar-refractivity contribution in [2.45, 2.75) is 11.6 Å². The summed E-state index contributed by atoms with van der Waals surface area (Å²) >= 11 is -0.0144. The van der Waals surface area contributed by atoms with Gasteiger partial charge in [0.25, 0.3) is 0 Å². The van der Waals surface area contributed by atoms with E-state index in [-0.39, 0.29) is 23.6 Å². The third kappa shape index (κ3) is 6.99. The third-order valence-corrected chi connectivity index (χ3v) is 2.54. The molecular formula is C8H14F3NO2S. The summed E-state index contributed by atoms with van der Waals surface area (Å²) in [5.74, 6) is 0.0249. The Bertz CT molecular complexity index is 174. The van der Waals surface area contributed by atoms with E-state index >= 15 is 0 Å². The van der Waals surface area contributed by atoms with E-state index < -0.39 is 5.51 Å². The number of nitrogens with one attached hydrogen (secondary N) is 1. The van der Waals surface area contributed by atoms with Crippen molar-refractivity contribution in [3.05, 3.63) is 0 Å². The molecule has 15 heavy (non-hydrogen) atoms. The van der Waals surface area contributed by atoms with E-state index in [1.807, 2.05) is 0 Å². The summed E-state index contributed by atoms with van der Waals surface area (Å²) in [6.07, 6.45) is -0.0327. The Morgan fingerprint density at radius 2 is 2.13 bits per heavy atom. The van der Waals surface area contributed by atoms with Crippen LogP contribution in [0.5, 0.6) is 0 Å². The number of hydrogen-bond acceptors (Lipinski definition) is 4. The van der Waals surface area contributed by atoms with Crippen molar-refractivity contribution in [1.82, 2.24) is 5.32 Å². The van der Waals surface area contributed by atoms with Gasteiger partial charge in [0.15, 0.2) is 0 Å². The van der Waals surface area contributed by atoms with Gasteiger partial charge in [-0.25, -0.2) is 0 Å². The molecule has 1 aliphatic rings. The average molecular weight is 245 g/mol. The second-order valence-corrected chi connectivity index (χ2v) is 4.23. The van der Waals surface area contributed by atoms with Crippen molar-refractivity contribution in [2.75, 3.05) is 38.7 Å². The molecule has 1 saturated heterocycles. The van der Waals surface area contributed by atoms with E-state index in [0.29, 0.717) is 32.9 Å². The lowest BCUT2D eigenvalue weighted by atomic mass is 10.3. The van der Waals surface area contributed by atoms with E-state index in [4.69, 9.17) is 9.47 Å². The van der Waals surface area contributed by atoms with Gasteiger partial charge in [-0.15, -0.1) is 0 Å². The minimum absolute atomic E-state index is 0.0144. The number of halogens is 3.